The third-order valence-electron chi connectivity index (χ3n) is 5.72. The Bertz CT molecular complexity index is 1750. The van der Waals surface area contributed by atoms with E-state index in [2.05, 4.69) is 15.0 Å². The second-order valence-electron chi connectivity index (χ2n) is 8.79. The van der Waals surface area contributed by atoms with E-state index in [9.17, 15) is 34.8 Å². The first kappa shape index (κ1) is 29.6. The smallest absolute Gasteiger partial charge is 0.325 e. The maximum absolute atomic E-state index is 13.5. The number of aromatic nitrogens is 1. The second-order valence-corrected chi connectivity index (χ2v) is 12.3. The van der Waals surface area contributed by atoms with Crippen molar-refractivity contribution in [3.8, 4) is 0 Å². The van der Waals surface area contributed by atoms with Crippen LogP contribution in [0.1, 0.15) is 11.1 Å². The number of hydrogen-bond donors (Lipinski definition) is 2. The molecule has 0 saturated heterocycles. The van der Waals surface area contributed by atoms with Crippen LogP contribution in [0.15, 0.2) is 107 Å². The van der Waals surface area contributed by atoms with Gasteiger partial charge in [-0.15, -0.1) is 0 Å². The van der Waals surface area contributed by atoms with Crippen molar-refractivity contribution in [1.82, 2.24) is 4.98 Å². The van der Waals surface area contributed by atoms with Crippen molar-refractivity contribution in [2.75, 3.05) is 20.9 Å². The van der Waals surface area contributed by atoms with Crippen LogP contribution in [0.3, 0.4) is 0 Å². The molecule has 0 fully saturated rings. The fourth-order valence-electron chi connectivity index (χ4n) is 3.68. The zero-order valence-electron chi connectivity index (χ0n) is 21.3. The fourth-order valence-corrected chi connectivity index (χ4v) is 6.13. The number of carbonyl (C=O) groups is 1. The van der Waals surface area contributed by atoms with Gasteiger partial charge < -0.3 is 5.32 Å². The molecule has 4 aromatic rings. The van der Waals surface area contributed by atoms with E-state index in [1.165, 1.54) is 67.0 Å². The molecule has 2 N–H and O–H groups in total. The third kappa shape index (κ3) is 7.21. The second kappa shape index (κ2) is 11.6. The lowest BCUT2D eigenvalue weighted by molar-refractivity contribution is -0.137. The van der Waals surface area contributed by atoms with Crippen molar-refractivity contribution in [1.29, 1.82) is 0 Å². The van der Waals surface area contributed by atoms with Crippen LogP contribution in [0, 0.1) is 6.92 Å². The van der Waals surface area contributed by atoms with Crippen LogP contribution in [0.25, 0.3) is 0 Å². The lowest BCUT2D eigenvalue weighted by Crippen LogP contribution is -2.38. The van der Waals surface area contributed by atoms with Gasteiger partial charge in [0.05, 0.1) is 32.9 Å². The number of hydrogen-bond acceptors (Lipinski definition) is 6. The van der Waals surface area contributed by atoms with E-state index in [1.54, 1.807) is 13.0 Å². The number of amides is 1. The van der Waals surface area contributed by atoms with Crippen molar-refractivity contribution in [2.45, 2.75) is 22.9 Å². The van der Waals surface area contributed by atoms with Gasteiger partial charge in [-0.3, -0.25) is 18.8 Å². The molecule has 0 unspecified atom stereocenters. The van der Waals surface area contributed by atoms with Gasteiger partial charge >= 0.3 is 6.18 Å². The van der Waals surface area contributed by atoms with Gasteiger partial charge in [-0.2, -0.15) is 13.2 Å². The van der Waals surface area contributed by atoms with E-state index >= 15 is 0 Å². The summed E-state index contributed by atoms with van der Waals surface area (Å²) >= 11 is 0. The summed E-state index contributed by atoms with van der Waals surface area (Å²) in [5.74, 6) is -0.873. The molecule has 3 aromatic carbocycles. The van der Waals surface area contributed by atoms with Gasteiger partial charge in [-0.1, -0.05) is 23.8 Å². The highest BCUT2D eigenvalue weighted by Gasteiger charge is 2.33. The molecule has 14 heteroatoms. The molecule has 214 valence electrons. The van der Waals surface area contributed by atoms with Gasteiger partial charge in [-0.05, 0) is 73.7 Å². The molecule has 9 nitrogen and oxygen atoms in total. The largest absolute Gasteiger partial charge is 0.416 e. The first-order chi connectivity index (χ1) is 19.3. The number of benzene rings is 3. The van der Waals surface area contributed by atoms with E-state index in [1.807, 2.05) is 0 Å². The number of alkyl halides is 3. The van der Waals surface area contributed by atoms with Crippen LogP contribution in [-0.2, 0) is 31.0 Å². The zero-order chi connectivity index (χ0) is 29.8. The number of carbonyl (C=O) groups excluding carboxylic acids is 1. The summed E-state index contributed by atoms with van der Waals surface area (Å²) < 4.78 is 95.3. The first-order valence-corrected chi connectivity index (χ1v) is 14.8. The van der Waals surface area contributed by atoms with Gasteiger partial charge in [0.25, 0.3) is 20.0 Å². The minimum Gasteiger partial charge on any atom is -0.325 e. The Morgan fingerprint density at radius 1 is 0.854 bits per heavy atom. The van der Waals surface area contributed by atoms with Gasteiger partial charge in [0, 0.05) is 11.9 Å². The number of pyridine rings is 1. The van der Waals surface area contributed by atoms with Crippen LogP contribution in [0.5, 0.6) is 0 Å². The van der Waals surface area contributed by atoms with Gasteiger partial charge in [-0.25, -0.2) is 16.8 Å². The van der Waals surface area contributed by atoms with E-state index in [-0.39, 0.29) is 26.9 Å². The molecule has 0 saturated carbocycles. The quantitative estimate of drug-likeness (QED) is 0.276. The number of aryl methyl sites for hydroxylation is 1. The monoisotopic (exact) mass is 604 g/mol. The number of sulfonamides is 2. The molecular formula is C27H23F3N4O5S2. The van der Waals surface area contributed by atoms with Crippen LogP contribution in [-0.4, -0.2) is 34.3 Å². The summed E-state index contributed by atoms with van der Waals surface area (Å²) in [6, 6.07) is 17.4. The van der Waals surface area contributed by atoms with E-state index in [4.69, 9.17) is 0 Å². The molecule has 0 bridgehead atoms. The Kier molecular flexibility index (Phi) is 8.35. The molecular weight excluding hydrogens is 581 g/mol. The molecule has 1 aromatic heterocycles. The Morgan fingerprint density at radius 2 is 1.51 bits per heavy atom. The average molecular weight is 605 g/mol. The standard InChI is InChI=1S/C27H23F3N4O5S2/c1-19-7-11-25(12-8-19)41(38,39)34(23-6-2-4-20(16-23)27(28,29)30)18-26(35)32-21-9-13-24(14-10-21)40(36,37)33-22-5-3-15-31-17-22/h2-17,33H,18H2,1H3,(H,32,35). The normalized spacial score (nSPS) is 12.0. The molecule has 4 rings (SSSR count). The summed E-state index contributed by atoms with van der Waals surface area (Å²) in [7, 11) is -8.43. The Labute approximate surface area is 234 Å². The molecule has 0 aliphatic carbocycles. The number of nitrogens with zero attached hydrogens (tertiary/aromatic N) is 2. The maximum Gasteiger partial charge on any atom is 0.416 e. The Balaban J connectivity index is 1.58. The lowest BCUT2D eigenvalue weighted by atomic mass is 10.2. The van der Waals surface area contributed by atoms with Crippen LogP contribution in [0.2, 0.25) is 0 Å². The Hall–Kier alpha value is -4.43. The first-order valence-electron chi connectivity index (χ1n) is 11.9. The summed E-state index contributed by atoms with van der Waals surface area (Å²) in [5, 5.41) is 2.46. The Morgan fingerprint density at radius 3 is 2.12 bits per heavy atom. The summed E-state index contributed by atoms with van der Waals surface area (Å²) in [4.78, 5) is 16.5. The van der Waals surface area contributed by atoms with Crippen molar-refractivity contribution in [2.24, 2.45) is 0 Å². The number of anilines is 3. The number of nitrogens with one attached hydrogen (secondary N) is 2. The molecule has 0 aliphatic heterocycles. The van der Waals surface area contributed by atoms with E-state index < -0.39 is 44.2 Å². The number of halogens is 3. The van der Waals surface area contributed by atoms with Crippen molar-refractivity contribution >= 4 is 43.0 Å². The molecule has 41 heavy (non-hydrogen) atoms. The van der Waals surface area contributed by atoms with E-state index in [0.29, 0.717) is 10.4 Å². The van der Waals surface area contributed by atoms with Crippen LogP contribution >= 0.6 is 0 Å². The summed E-state index contributed by atoms with van der Waals surface area (Å²) in [6.45, 7) is 0.875. The molecule has 1 heterocycles. The van der Waals surface area contributed by atoms with Gasteiger partial charge in [0.15, 0.2) is 0 Å². The third-order valence-corrected chi connectivity index (χ3v) is 8.91. The minimum atomic E-state index is -4.74. The molecule has 0 spiro atoms. The van der Waals surface area contributed by atoms with Gasteiger partial charge in [0.1, 0.15) is 6.54 Å². The van der Waals surface area contributed by atoms with Crippen molar-refractivity contribution in [3.63, 3.8) is 0 Å². The lowest BCUT2D eigenvalue weighted by Gasteiger charge is -2.25. The van der Waals surface area contributed by atoms with Crippen molar-refractivity contribution < 1.29 is 34.8 Å². The summed E-state index contributed by atoms with van der Waals surface area (Å²) in [5.41, 5.74) is -0.315. The maximum atomic E-state index is 13.5. The predicted molar refractivity (Wildman–Crippen MR) is 147 cm³/mol. The molecule has 1 amide bonds. The fraction of sp³-hybridized carbons (Fsp3) is 0.111. The van der Waals surface area contributed by atoms with Crippen LogP contribution in [0.4, 0.5) is 30.2 Å². The van der Waals surface area contributed by atoms with E-state index in [0.717, 1.165) is 23.8 Å². The highest BCUT2D eigenvalue weighted by Crippen LogP contribution is 2.33. The SMILES string of the molecule is Cc1ccc(S(=O)(=O)N(CC(=O)Nc2ccc(S(=O)(=O)Nc3cccnc3)cc2)c2cccc(C(F)(F)F)c2)cc1. The topological polar surface area (TPSA) is 126 Å². The molecule has 0 atom stereocenters. The average Bonchev–Trinajstić information content (AvgIpc) is 2.92. The summed E-state index contributed by atoms with van der Waals surface area (Å²) in [6.07, 6.45) is -1.94. The zero-order valence-corrected chi connectivity index (χ0v) is 23.0. The van der Waals surface area contributed by atoms with Crippen LogP contribution < -0.4 is 14.3 Å². The predicted octanol–water partition coefficient (Wildman–Crippen LogP) is 5.04. The molecule has 0 aliphatic rings. The van der Waals surface area contributed by atoms with Crippen molar-refractivity contribution in [3.05, 3.63) is 108 Å². The van der Waals surface area contributed by atoms with Gasteiger partial charge in [0.2, 0.25) is 5.91 Å². The highest BCUT2D eigenvalue weighted by atomic mass is 32.2. The number of rotatable bonds is 9. The molecule has 0 radical (unpaired) electrons. The highest BCUT2D eigenvalue weighted by molar-refractivity contribution is 7.93. The minimum absolute atomic E-state index is 0.119.